The lowest BCUT2D eigenvalue weighted by Crippen LogP contribution is -2.44. The van der Waals surface area contributed by atoms with Gasteiger partial charge in [-0.25, -0.2) is 4.79 Å². The zero-order chi connectivity index (χ0) is 15.9. The van der Waals surface area contributed by atoms with Gasteiger partial charge in [0.15, 0.2) is 0 Å². The van der Waals surface area contributed by atoms with E-state index >= 15 is 0 Å². The van der Waals surface area contributed by atoms with Crippen molar-refractivity contribution in [3.63, 3.8) is 0 Å². The Kier molecular flexibility index (Phi) is 5.07. The zero-order valence-electron chi connectivity index (χ0n) is 12.2. The van der Waals surface area contributed by atoms with Crippen LogP contribution in [0.3, 0.4) is 0 Å². The molecule has 2 aromatic rings. The summed E-state index contributed by atoms with van der Waals surface area (Å²) in [5, 5.41) is 8.86. The topological polar surface area (TPSA) is 106 Å². The van der Waals surface area contributed by atoms with E-state index < -0.39 is 12.1 Å². The van der Waals surface area contributed by atoms with Gasteiger partial charge in [-0.3, -0.25) is 4.79 Å². The van der Waals surface area contributed by atoms with Crippen LogP contribution in [0.2, 0.25) is 0 Å². The summed E-state index contributed by atoms with van der Waals surface area (Å²) in [5.41, 5.74) is 1.73. The maximum Gasteiger partial charge on any atom is 0.407 e. The number of ether oxygens (including phenoxy) is 1. The molecule has 0 fully saturated rings. The fourth-order valence-electron chi connectivity index (χ4n) is 1.71. The van der Waals surface area contributed by atoms with Crippen LogP contribution in [0, 0.1) is 0 Å². The highest BCUT2D eigenvalue weighted by Crippen LogP contribution is 2.14. The van der Waals surface area contributed by atoms with Gasteiger partial charge in [-0.2, -0.15) is 4.98 Å². The molecular weight excluding hydrogens is 288 g/mol. The predicted octanol–water partition coefficient (Wildman–Crippen LogP) is 1.10. The summed E-state index contributed by atoms with van der Waals surface area (Å²) in [6.07, 6.45) is 0.617. The first-order valence-corrected chi connectivity index (χ1v) is 6.58. The molecule has 0 aliphatic heterocycles. The van der Waals surface area contributed by atoms with Crippen molar-refractivity contribution >= 4 is 12.0 Å². The summed E-state index contributed by atoms with van der Waals surface area (Å²) in [5.74, 6) is 0.208. The quantitative estimate of drug-likeness (QED) is 0.856. The molecule has 1 atom stereocenters. The Morgan fingerprint density at radius 1 is 1.32 bits per heavy atom. The number of carbonyl (C=O) groups excluding carboxylic acids is 2. The average molecular weight is 304 g/mol. The van der Waals surface area contributed by atoms with Crippen LogP contribution in [0.25, 0.3) is 11.4 Å². The third-order valence-corrected chi connectivity index (χ3v) is 2.95. The van der Waals surface area contributed by atoms with Crippen molar-refractivity contribution in [2.75, 3.05) is 7.11 Å². The molecular formula is C14H16N4O4. The fourth-order valence-corrected chi connectivity index (χ4v) is 1.71. The summed E-state index contributed by atoms with van der Waals surface area (Å²) >= 11 is 0. The van der Waals surface area contributed by atoms with E-state index in [4.69, 9.17) is 0 Å². The average Bonchev–Trinajstić information content (AvgIpc) is 3.07. The van der Waals surface area contributed by atoms with Crippen molar-refractivity contribution in [1.82, 2.24) is 20.8 Å². The van der Waals surface area contributed by atoms with E-state index in [0.717, 1.165) is 11.1 Å². The third-order valence-electron chi connectivity index (χ3n) is 2.95. The van der Waals surface area contributed by atoms with Crippen LogP contribution in [-0.2, 0) is 16.1 Å². The van der Waals surface area contributed by atoms with E-state index in [-0.39, 0.29) is 5.91 Å². The Labute approximate surface area is 126 Å². The van der Waals surface area contributed by atoms with Gasteiger partial charge in [0.2, 0.25) is 18.1 Å². The van der Waals surface area contributed by atoms with Crippen LogP contribution >= 0.6 is 0 Å². The van der Waals surface area contributed by atoms with Crippen molar-refractivity contribution in [2.24, 2.45) is 0 Å². The van der Waals surface area contributed by atoms with E-state index in [1.54, 1.807) is 6.92 Å². The first kappa shape index (κ1) is 15.5. The van der Waals surface area contributed by atoms with Crippen molar-refractivity contribution in [3.8, 4) is 11.4 Å². The first-order valence-electron chi connectivity index (χ1n) is 6.58. The number of amides is 2. The summed E-state index contributed by atoms with van der Waals surface area (Å²) in [6, 6.07) is 6.70. The van der Waals surface area contributed by atoms with Crippen molar-refractivity contribution in [2.45, 2.75) is 19.5 Å². The van der Waals surface area contributed by atoms with Crippen molar-refractivity contribution in [3.05, 3.63) is 36.2 Å². The molecule has 2 rings (SSSR count). The van der Waals surface area contributed by atoms with Crippen LogP contribution in [0.15, 0.2) is 35.2 Å². The summed E-state index contributed by atoms with van der Waals surface area (Å²) in [4.78, 5) is 26.8. The van der Waals surface area contributed by atoms with Crippen LogP contribution in [0.5, 0.6) is 0 Å². The molecule has 1 aromatic carbocycles. The van der Waals surface area contributed by atoms with Crippen LogP contribution < -0.4 is 10.6 Å². The summed E-state index contributed by atoms with van der Waals surface area (Å²) in [6.45, 7) is 1.92. The Morgan fingerprint density at radius 3 is 2.64 bits per heavy atom. The molecule has 0 radical (unpaired) electrons. The lowest BCUT2D eigenvalue weighted by atomic mass is 10.1. The molecule has 2 amide bonds. The van der Waals surface area contributed by atoms with Gasteiger partial charge in [0, 0.05) is 12.1 Å². The van der Waals surface area contributed by atoms with Gasteiger partial charge in [0.25, 0.3) is 0 Å². The second kappa shape index (κ2) is 7.21. The van der Waals surface area contributed by atoms with Crippen LogP contribution in [0.4, 0.5) is 4.79 Å². The number of rotatable bonds is 5. The molecule has 0 saturated carbocycles. The zero-order valence-corrected chi connectivity index (χ0v) is 12.2. The minimum Gasteiger partial charge on any atom is -0.453 e. The number of alkyl carbamates (subject to hydrolysis) is 1. The lowest BCUT2D eigenvalue weighted by Gasteiger charge is -2.13. The second-order valence-corrected chi connectivity index (χ2v) is 4.53. The Balaban J connectivity index is 1.86. The molecule has 8 nitrogen and oxygen atoms in total. The number of aromatic nitrogens is 2. The van der Waals surface area contributed by atoms with E-state index in [9.17, 15) is 9.59 Å². The Bertz CT molecular complexity index is 625. The normalized spacial score (nSPS) is 11.5. The number of nitrogens with zero attached hydrogens (tertiary/aromatic N) is 2. The summed E-state index contributed by atoms with van der Waals surface area (Å²) in [7, 11) is 1.24. The van der Waals surface area contributed by atoms with Gasteiger partial charge in [-0.1, -0.05) is 29.4 Å². The van der Waals surface area contributed by atoms with E-state index in [1.807, 2.05) is 24.3 Å². The number of hydrogen-bond acceptors (Lipinski definition) is 6. The number of carbonyl (C=O) groups is 2. The highest BCUT2D eigenvalue weighted by Gasteiger charge is 2.15. The number of nitrogens with one attached hydrogen (secondary N) is 2. The molecule has 1 aromatic heterocycles. The van der Waals surface area contributed by atoms with Crippen molar-refractivity contribution < 1.29 is 18.8 Å². The van der Waals surface area contributed by atoms with Gasteiger partial charge in [-0.15, -0.1) is 0 Å². The molecule has 0 saturated heterocycles. The van der Waals surface area contributed by atoms with Gasteiger partial charge < -0.3 is 19.9 Å². The van der Waals surface area contributed by atoms with Crippen molar-refractivity contribution in [1.29, 1.82) is 0 Å². The van der Waals surface area contributed by atoms with Crippen LogP contribution in [-0.4, -0.2) is 35.3 Å². The maximum atomic E-state index is 11.8. The highest BCUT2D eigenvalue weighted by molar-refractivity contribution is 5.85. The molecule has 0 bridgehead atoms. The molecule has 116 valence electrons. The van der Waals surface area contributed by atoms with Crippen LogP contribution in [0.1, 0.15) is 12.5 Å². The Hall–Kier alpha value is -2.90. The Morgan fingerprint density at radius 2 is 2.05 bits per heavy atom. The second-order valence-electron chi connectivity index (χ2n) is 4.53. The number of benzene rings is 1. The standard InChI is InChI=1S/C14H16N4O4/c1-9(17-14(20)21-2)13(19)15-7-10-3-5-11(6-4-10)12-16-8-22-18-12/h3-6,8-9H,7H2,1-2H3,(H,15,19)(H,17,20)/t9-/m0/s1. The molecule has 0 spiro atoms. The molecule has 0 unspecified atom stereocenters. The fraction of sp³-hybridized carbons (Fsp3) is 0.286. The predicted molar refractivity (Wildman–Crippen MR) is 76.6 cm³/mol. The molecule has 0 aliphatic rings. The molecule has 0 aliphatic carbocycles. The van der Waals surface area contributed by atoms with E-state index in [0.29, 0.717) is 12.4 Å². The monoisotopic (exact) mass is 304 g/mol. The summed E-state index contributed by atoms with van der Waals surface area (Å²) < 4.78 is 9.12. The van der Waals surface area contributed by atoms with E-state index in [2.05, 4.69) is 30.0 Å². The van der Waals surface area contributed by atoms with Gasteiger partial charge in [0.05, 0.1) is 7.11 Å². The van der Waals surface area contributed by atoms with E-state index in [1.165, 1.54) is 13.5 Å². The molecule has 1 heterocycles. The lowest BCUT2D eigenvalue weighted by molar-refractivity contribution is -0.122. The molecule has 8 heteroatoms. The number of methoxy groups -OCH3 is 1. The first-order chi connectivity index (χ1) is 10.6. The highest BCUT2D eigenvalue weighted by atomic mass is 16.5. The largest absolute Gasteiger partial charge is 0.453 e. The van der Waals surface area contributed by atoms with Gasteiger partial charge in [-0.05, 0) is 12.5 Å². The minimum atomic E-state index is -0.675. The molecule has 22 heavy (non-hydrogen) atoms. The van der Waals surface area contributed by atoms with Gasteiger partial charge in [0.1, 0.15) is 6.04 Å². The third kappa shape index (κ3) is 4.05. The number of hydrogen-bond donors (Lipinski definition) is 2. The maximum absolute atomic E-state index is 11.8. The smallest absolute Gasteiger partial charge is 0.407 e. The van der Waals surface area contributed by atoms with Gasteiger partial charge >= 0.3 is 6.09 Å². The molecule has 2 N–H and O–H groups in total. The minimum absolute atomic E-state index is 0.298. The SMILES string of the molecule is COC(=O)N[C@@H](C)C(=O)NCc1ccc(-c2ncon2)cc1.